The first-order valence-corrected chi connectivity index (χ1v) is 10.8. The van der Waals surface area contributed by atoms with Crippen molar-refractivity contribution in [2.24, 2.45) is 0 Å². The number of phenolic OH excluding ortho intramolecular Hbond substituents is 2. The number of hydrogen-bond donors (Lipinski definition) is 3. The monoisotopic (exact) mass is 492 g/mol. The summed E-state index contributed by atoms with van der Waals surface area (Å²) in [7, 11) is -5.09. The van der Waals surface area contributed by atoms with Crippen LogP contribution in [0.1, 0.15) is 16.7 Å². The van der Waals surface area contributed by atoms with Crippen LogP contribution < -0.4 is 0 Å². The highest BCUT2D eigenvalue weighted by Crippen LogP contribution is 2.51. The molecule has 0 aliphatic carbocycles. The van der Waals surface area contributed by atoms with Crippen LogP contribution in [-0.2, 0) is 14.9 Å². The Morgan fingerprint density at radius 2 is 1.31 bits per heavy atom. The van der Waals surface area contributed by atoms with E-state index in [1.807, 2.05) is 0 Å². The molecule has 1 unspecified atom stereocenters. The molecule has 3 aromatic carbocycles. The van der Waals surface area contributed by atoms with Gasteiger partial charge in [-0.15, -0.1) is 0 Å². The smallest absolute Gasteiger partial charge is 0.283 e. The fourth-order valence-electron chi connectivity index (χ4n) is 3.25. The molecule has 0 aliphatic heterocycles. The van der Waals surface area contributed by atoms with Gasteiger partial charge in [0.25, 0.3) is 10.1 Å². The molecule has 0 fully saturated rings. The Morgan fingerprint density at radius 3 is 1.83 bits per heavy atom. The van der Waals surface area contributed by atoms with Crippen LogP contribution in [0.3, 0.4) is 0 Å². The van der Waals surface area contributed by atoms with Gasteiger partial charge in [0, 0.05) is 20.6 Å². The first-order valence-electron chi connectivity index (χ1n) is 7.88. The summed E-state index contributed by atoms with van der Waals surface area (Å²) in [4.78, 5) is 0. The predicted molar refractivity (Wildman–Crippen MR) is 114 cm³/mol. The summed E-state index contributed by atoms with van der Waals surface area (Å²) in [6.45, 7) is 0. The number of halogens is 4. The molecule has 152 valence electrons. The molecule has 0 spiro atoms. The lowest BCUT2D eigenvalue weighted by atomic mass is 9.83. The Morgan fingerprint density at radius 1 is 0.724 bits per heavy atom. The maximum Gasteiger partial charge on any atom is 0.283 e. The normalized spacial score (nSPS) is 13.8. The van der Waals surface area contributed by atoms with E-state index in [2.05, 4.69) is 0 Å². The van der Waals surface area contributed by atoms with E-state index in [0.29, 0.717) is 5.02 Å². The Balaban J connectivity index is 2.61. The molecule has 0 bridgehead atoms. The summed E-state index contributed by atoms with van der Waals surface area (Å²) in [6, 6.07) is 11.3. The van der Waals surface area contributed by atoms with Crippen molar-refractivity contribution in [3.05, 3.63) is 91.4 Å². The largest absolute Gasteiger partial charge is 0.508 e. The van der Waals surface area contributed by atoms with Gasteiger partial charge in [0.2, 0.25) is 0 Å². The molecule has 0 aliphatic rings. The van der Waals surface area contributed by atoms with Crippen LogP contribution in [0.15, 0.2) is 54.6 Å². The average Bonchev–Trinajstić information content (AvgIpc) is 2.57. The molecule has 3 rings (SSSR count). The molecule has 5 nitrogen and oxygen atoms in total. The van der Waals surface area contributed by atoms with Crippen molar-refractivity contribution in [1.29, 1.82) is 0 Å². The van der Waals surface area contributed by atoms with Crippen LogP contribution in [0.25, 0.3) is 0 Å². The Hall–Kier alpha value is -1.67. The summed E-state index contributed by atoms with van der Waals surface area (Å²) in [5, 5.41) is 20.8. The second-order valence-electron chi connectivity index (χ2n) is 6.14. The molecule has 10 heteroatoms. The zero-order chi connectivity index (χ0) is 21.6. The Labute approximate surface area is 186 Å². The molecule has 0 saturated heterocycles. The van der Waals surface area contributed by atoms with Crippen LogP contribution in [-0.4, -0.2) is 23.2 Å². The Bertz CT molecular complexity index is 1150. The zero-order valence-electron chi connectivity index (χ0n) is 14.3. The molecular weight excluding hydrogens is 482 g/mol. The topological polar surface area (TPSA) is 94.8 Å². The summed E-state index contributed by atoms with van der Waals surface area (Å²) in [5.74, 6) is -0.950. The molecule has 29 heavy (non-hydrogen) atoms. The van der Waals surface area contributed by atoms with Crippen molar-refractivity contribution in [1.82, 2.24) is 0 Å². The molecule has 0 saturated carbocycles. The third kappa shape index (κ3) is 3.89. The van der Waals surface area contributed by atoms with Crippen molar-refractivity contribution in [2.45, 2.75) is 4.75 Å². The molecule has 0 aromatic heterocycles. The third-order valence-electron chi connectivity index (χ3n) is 4.31. The van der Waals surface area contributed by atoms with Crippen molar-refractivity contribution in [3.63, 3.8) is 0 Å². The first kappa shape index (κ1) is 22.0. The second kappa shape index (κ2) is 7.87. The predicted octanol–water partition coefficient (Wildman–Crippen LogP) is 5.89. The third-order valence-corrected chi connectivity index (χ3v) is 6.75. The molecular formula is C19H12Cl4O5S. The molecule has 0 radical (unpaired) electrons. The summed E-state index contributed by atoms with van der Waals surface area (Å²) < 4.78 is 33.9. The van der Waals surface area contributed by atoms with Gasteiger partial charge in [-0.2, -0.15) is 8.42 Å². The van der Waals surface area contributed by atoms with Gasteiger partial charge in [-0.05, 0) is 53.6 Å². The first-order chi connectivity index (χ1) is 13.5. The lowest BCUT2D eigenvalue weighted by Crippen LogP contribution is -2.38. The minimum atomic E-state index is -5.09. The maximum atomic E-state index is 12.9. The SMILES string of the molecule is O=S(=O)(O)C(c1ccc(Cl)cc1)(c1cc(O)cc(Cl)c1)c1c(O)cc(Cl)cc1Cl. The van der Waals surface area contributed by atoms with E-state index in [-0.39, 0.29) is 37.5 Å². The zero-order valence-corrected chi connectivity index (χ0v) is 18.1. The summed E-state index contributed by atoms with van der Waals surface area (Å²) >= 11 is 24.2. The lowest BCUT2D eigenvalue weighted by Gasteiger charge is -2.34. The standard InChI is InChI=1S/C19H12Cl4O5S/c20-12-3-1-10(2-4-12)19(29(26,27)28,11-5-13(21)7-15(24)6-11)18-16(23)8-14(22)9-17(18)25/h1-9,24-25H,(H,26,27,28). The fraction of sp³-hybridized carbons (Fsp3) is 0.0526. The van der Waals surface area contributed by atoms with E-state index < -0.39 is 20.6 Å². The van der Waals surface area contributed by atoms with E-state index in [9.17, 15) is 23.2 Å². The van der Waals surface area contributed by atoms with Crippen LogP contribution >= 0.6 is 46.4 Å². The number of phenols is 2. The van der Waals surface area contributed by atoms with E-state index in [1.54, 1.807) is 0 Å². The lowest BCUT2D eigenvalue weighted by molar-refractivity contribution is 0.439. The van der Waals surface area contributed by atoms with Crippen LogP contribution in [0, 0.1) is 0 Å². The van der Waals surface area contributed by atoms with Crippen molar-refractivity contribution < 1.29 is 23.2 Å². The number of rotatable bonds is 4. The van der Waals surface area contributed by atoms with Gasteiger partial charge in [0.15, 0.2) is 4.75 Å². The molecule has 0 amide bonds. The van der Waals surface area contributed by atoms with Gasteiger partial charge in [-0.1, -0.05) is 58.5 Å². The average molecular weight is 494 g/mol. The van der Waals surface area contributed by atoms with Crippen molar-refractivity contribution >= 4 is 56.5 Å². The van der Waals surface area contributed by atoms with Gasteiger partial charge in [-0.25, -0.2) is 0 Å². The molecule has 1 atom stereocenters. The highest BCUT2D eigenvalue weighted by molar-refractivity contribution is 7.87. The highest BCUT2D eigenvalue weighted by Gasteiger charge is 2.51. The fourth-order valence-corrected chi connectivity index (χ4v) is 5.61. The van der Waals surface area contributed by atoms with E-state index in [1.165, 1.54) is 42.5 Å². The van der Waals surface area contributed by atoms with Gasteiger partial charge in [-0.3, -0.25) is 4.55 Å². The highest BCUT2D eigenvalue weighted by atomic mass is 35.5. The quantitative estimate of drug-likeness (QED) is 0.311. The second-order valence-corrected chi connectivity index (χ2v) is 9.42. The van der Waals surface area contributed by atoms with Crippen LogP contribution in [0.4, 0.5) is 0 Å². The number of hydrogen-bond acceptors (Lipinski definition) is 4. The van der Waals surface area contributed by atoms with Gasteiger partial charge < -0.3 is 10.2 Å². The summed E-state index contributed by atoms with van der Waals surface area (Å²) in [6.07, 6.45) is 0. The minimum Gasteiger partial charge on any atom is -0.508 e. The van der Waals surface area contributed by atoms with Crippen molar-refractivity contribution in [3.8, 4) is 11.5 Å². The Kier molecular flexibility index (Phi) is 5.98. The number of aromatic hydroxyl groups is 2. The molecule has 0 heterocycles. The van der Waals surface area contributed by atoms with Gasteiger partial charge >= 0.3 is 0 Å². The van der Waals surface area contributed by atoms with E-state index in [4.69, 9.17) is 46.4 Å². The van der Waals surface area contributed by atoms with Crippen molar-refractivity contribution in [2.75, 3.05) is 0 Å². The van der Waals surface area contributed by atoms with Gasteiger partial charge in [0.1, 0.15) is 11.5 Å². The van der Waals surface area contributed by atoms with Gasteiger partial charge in [0.05, 0.1) is 5.02 Å². The molecule has 3 aromatic rings. The molecule has 3 N–H and O–H groups in total. The van der Waals surface area contributed by atoms with E-state index in [0.717, 1.165) is 12.1 Å². The summed E-state index contributed by atoms with van der Waals surface area (Å²) in [5.41, 5.74) is -0.535. The minimum absolute atomic E-state index is 0.00781. The van der Waals surface area contributed by atoms with Crippen LogP contribution in [0.2, 0.25) is 20.1 Å². The maximum absolute atomic E-state index is 12.9. The number of benzene rings is 3. The van der Waals surface area contributed by atoms with Crippen LogP contribution in [0.5, 0.6) is 11.5 Å². The van der Waals surface area contributed by atoms with E-state index >= 15 is 0 Å².